The third-order valence-corrected chi connectivity index (χ3v) is 3.86. The number of hydrogen-bond donors (Lipinski definition) is 1. The van der Waals surface area contributed by atoms with Crippen LogP contribution < -0.4 is 0 Å². The Bertz CT molecular complexity index is 377. The molecule has 86 valence electrons. The lowest BCUT2D eigenvalue weighted by molar-refractivity contribution is 0.0448. The average molecular weight is 218 g/mol. The molecule has 0 bridgehead atoms. The minimum Gasteiger partial charge on any atom is -0.384 e. The van der Waals surface area contributed by atoms with Crippen LogP contribution in [0.15, 0.2) is 24.5 Å². The summed E-state index contributed by atoms with van der Waals surface area (Å²) in [6.07, 6.45) is 6.98. The van der Waals surface area contributed by atoms with E-state index in [-0.39, 0.29) is 0 Å². The van der Waals surface area contributed by atoms with E-state index in [0.717, 1.165) is 24.6 Å². The highest BCUT2D eigenvalue weighted by molar-refractivity contribution is 5.22. The number of β-amino-alcohol motifs (C(OH)–C–C–N with tert-alkyl or cyclic N) is 1. The molecule has 1 aromatic rings. The highest BCUT2D eigenvalue weighted by atomic mass is 16.3. The first kappa shape index (κ1) is 10.2. The Labute approximate surface area is 96.1 Å². The lowest BCUT2D eigenvalue weighted by Crippen LogP contribution is -2.33. The molecule has 1 saturated carbocycles. The molecule has 2 unspecified atom stereocenters. The largest absolute Gasteiger partial charge is 0.384 e. The highest BCUT2D eigenvalue weighted by Crippen LogP contribution is 2.41. The molecule has 0 amide bonds. The second kappa shape index (κ2) is 3.54. The van der Waals surface area contributed by atoms with Gasteiger partial charge < -0.3 is 5.11 Å². The molecule has 1 saturated heterocycles. The van der Waals surface area contributed by atoms with Crippen molar-refractivity contribution in [2.75, 3.05) is 6.54 Å². The van der Waals surface area contributed by atoms with Gasteiger partial charge in [-0.3, -0.25) is 9.88 Å². The summed E-state index contributed by atoms with van der Waals surface area (Å²) in [6, 6.07) is 5.09. The summed E-state index contributed by atoms with van der Waals surface area (Å²) in [6.45, 7) is 2.98. The van der Waals surface area contributed by atoms with Gasteiger partial charge in [-0.1, -0.05) is 6.07 Å². The number of nitrogens with zero attached hydrogens (tertiary/aromatic N) is 2. The topological polar surface area (TPSA) is 36.4 Å². The third kappa shape index (κ3) is 1.64. The second-order valence-corrected chi connectivity index (χ2v) is 5.23. The van der Waals surface area contributed by atoms with Gasteiger partial charge in [0.2, 0.25) is 0 Å². The van der Waals surface area contributed by atoms with E-state index in [0.29, 0.717) is 6.04 Å². The van der Waals surface area contributed by atoms with Crippen LogP contribution in [0.1, 0.15) is 31.7 Å². The summed E-state index contributed by atoms with van der Waals surface area (Å²) in [5.41, 5.74) is 0.279. The average Bonchev–Trinajstić information content (AvgIpc) is 3.07. The number of aromatic nitrogens is 1. The number of rotatable bonds is 2. The summed E-state index contributed by atoms with van der Waals surface area (Å²) >= 11 is 0. The number of aliphatic hydroxyl groups is 1. The highest BCUT2D eigenvalue weighted by Gasteiger charge is 2.46. The Hall–Kier alpha value is -0.930. The number of hydrogen-bond acceptors (Lipinski definition) is 3. The van der Waals surface area contributed by atoms with Gasteiger partial charge in [0, 0.05) is 36.6 Å². The predicted molar refractivity (Wildman–Crippen MR) is 61.9 cm³/mol. The lowest BCUT2D eigenvalue weighted by atomic mass is 9.93. The molecule has 2 atom stereocenters. The van der Waals surface area contributed by atoms with E-state index in [9.17, 15) is 5.11 Å². The fourth-order valence-corrected chi connectivity index (χ4v) is 2.87. The van der Waals surface area contributed by atoms with Crippen molar-refractivity contribution in [3.63, 3.8) is 0 Å². The van der Waals surface area contributed by atoms with Gasteiger partial charge >= 0.3 is 0 Å². The molecule has 1 aliphatic heterocycles. The summed E-state index contributed by atoms with van der Waals surface area (Å²) in [5, 5.41) is 10.7. The maximum Gasteiger partial charge on any atom is 0.105 e. The zero-order valence-electron chi connectivity index (χ0n) is 9.63. The molecule has 1 aromatic heterocycles. The van der Waals surface area contributed by atoms with Crippen LogP contribution in [0.25, 0.3) is 0 Å². The molecule has 16 heavy (non-hydrogen) atoms. The molecule has 2 heterocycles. The summed E-state index contributed by atoms with van der Waals surface area (Å²) in [7, 11) is 0. The number of pyridine rings is 1. The first-order valence-electron chi connectivity index (χ1n) is 6.08. The molecule has 3 nitrogen and oxygen atoms in total. The van der Waals surface area contributed by atoms with Gasteiger partial charge in [0.25, 0.3) is 0 Å². The molecule has 3 rings (SSSR count). The van der Waals surface area contributed by atoms with Crippen molar-refractivity contribution >= 4 is 0 Å². The lowest BCUT2D eigenvalue weighted by Gasteiger charge is -2.23. The Morgan fingerprint density at radius 2 is 2.31 bits per heavy atom. The van der Waals surface area contributed by atoms with E-state index in [1.54, 1.807) is 12.4 Å². The summed E-state index contributed by atoms with van der Waals surface area (Å²) in [4.78, 5) is 6.56. The van der Waals surface area contributed by atoms with Crippen LogP contribution in [0.3, 0.4) is 0 Å². The van der Waals surface area contributed by atoms with Crippen molar-refractivity contribution in [1.82, 2.24) is 9.88 Å². The number of likely N-dealkylation sites (tertiary alicyclic amines) is 1. The molecule has 2 fully saturated rings. The van der Waals surface area contributed by atoms with Crippen LogP contribution in [-0.2, 0) is 5.60 Å². The third-order valence-electron chi connectivity index (χ3n) is 3.86. The Kier molecular flexibility index (Phi) is 2.26. The van der Waals surface area contributed by atoms with Crippen LogP contribution in [0, 0.1) is 0 Å². The Balaban J connectivity index is 1.84. The molecule has 0 spiro atoms. The first-order chi connectivity index (χ1) is 7.69. The van der Waals surface area contributed by atoms with Crippen molar-refractivity contribution in [3.05, 3.63) is 30.1 Å². The van der Waals surface area contributed by atoms with E-state index in [4.69, 9.17) is 0 Å². The van der Waals surface area contributed by atoms with Crippen molar-refractivity contribution in [2.24, 2.45) is 0 Å². The van der Waals surface area contributed by atoms with E-state index in [1.807, 2.05) is 12.1 Å². The van der Waals surface area contributed by atoms with Crippen molar-refractivity contribution in [1.29, 1.82) is 0 Å². The van der Waals surface area contributed by atoms with Crippen LogP contribution in [0.4, 0.5) is 0 Å². The SMILES string of the molecule is CC1CC(O)(c2cccnc2)CN1C1CC1. The van der Waals surface area contributed by atoms with Gasteiger partial charge in [0.05, 0.1) is 0 Å². The Morgan fingerprint density at radius 3 is 2.94 bits per heavy atom. The minimum atomic E-state index is -0.684. The monoisotopic (exact) mass is 218 g/mol. The first-order valence-corrected chi connectivity index (χ1v) is 6.08. The van der Waals surface area contributed by atoms with Gasteiger partial charge in [-0.05, 0) is 32.3 Å². The van der Waals surface area contributed by atoms with Crippen LogP contribution in [0.2, 0.25) is 0 Å². The van der Waals surface area contributed by atoms with Crippen molar-refractivity contribution < 1.29 is 5.11 Å². The van der Waals surface area contributed by atoms with Gasteiger partial charge in [-0.2, -0.15) is 0 Å². The summed E-state index contributed by atoms with van der Waals surface area (Å²) in [5.74, 6) is 0. The zero-order valence-corrected chi connectivity index (χ0v) is 9.63. The molecule has 3 heteroatoms. The maximum atomic E-state index is 10.7. The van der Waals surface area contributed by atoms with Gasteiger partial charge in [-0.25, -0.2) is 0 Å². The standard InChI is InChI=1S/C13H18N2O/c1-10-7-13(16,9-15(10)12-4-5-12)11-3-2-6-14-8-11/h2-3,6,8,10,12,16H,4-5,7,9H2,1H3. The quantitative estimate of drug-likeness (QED) is 0.817. The van der Waals surface area contributed by atoms with Gasteiger partial charge in [0.1, 0.15) is 5.60 Å². The fourth-order valence-electron chi connectivity index (χ4n) is 2.87. The van der Waals surface area contributed by atoms with Crippen LogP contribution in [0.5, 0.6) is 0 Å². The minimum absolute atomic E-state index is 0.484. The molecular formula is C13H18N2O. The van der Waals surface area contributed by atoms with E-state index in [2.05, 4.69) is 16.8 Å². The smallest absolute Gasteiger partial charge is 0.105 e. The van der Waals surface area contributed by atoms with Gasteiger partial charge in [0.15, 0.2) is 0 Å². The summed E-state index contributed by atoms with van der Waals surface area (Å²) < 4.78 is 0. The fraction of sp³-hybridized carbons (Fsp3) is 0.615. The van der Waals surface area contributed by atoms with Crippen LogP contribution in [-0.4, -0.2) is 33.6 Å². The zero-order chi connectivity index (χ0) is 11.2. The molecule has 0 radical (unpaired) electrons. The molecule has 1 N–H and O–H groups in total. The van der Waals surface area contributed by atoms with Gasteiger partial charge in [-0.15, -0.1) is 0 Å². The van der Waals surface area contributed by atoms with Crippen molar-refractivity contribution in [3.8, 4) is 0 Å². The molecular weight excluding hydrogens is 200 g/mol. The normalized spacial score (nSPS) is 35.5. The predicted octanol–water partition coefficient (Wildman–Crippen LogP) is 1.53. The molecule has 0 aromatic carbocycles. The Morgan fingerprint density at radius 1 is 1.50 bits per heavy atom. The maximum absolute atomic E-state index is 10.7. The van der Waals surface area contributed by atoms with E-state index >= 15 is 0 Å². The second-order valence-electron chi connectivity index (χ2n) is 5.23. The van der Waals surface area contributed by atoms with E-state index in [1.165, 1.54) is 12.8 Å². The van der Waals surface area contributed by atoms with Crippen LogP contribution >= 0.6 is 0 Å². The van der Waals surface area contributed by atoms with E-state index < -0.39 is 5.60 Å². The molecule has 1 aliphatic carbocycles. The molecule has 2 aliphatic rings. The van der Waals surface area contributed by atoms with Crippen molar-refractivity contribution in [2.45, 2.75) is 43.9 Å².